The van der Waals surface area contributed by atoms with Crippen molar-refractivity contribution in [3.63, 3.8) is 0 Å². The Kier molecular flexibility index (Phi) is 3.85. The molecule has 0 amide bonds. The number of benzene rings is 2. The lowest BCUT2D eigenvalue weighted by atomic mass is 10.1. The smallest absolute Gasteiger partial charge is 0.261 e. The summed E-state index contributed by atoms with van der Waals surface area (Å²) in [4.78, 5) is 16.8. The number of phenolic OH excluding ortho intramolecular Hbond substituents is 1. The third-order valence-corrected chi connectivity index (χ3v) is 3.68. The Bertz CT molecular complexity index is 958. The Morgan fingerprint density at radius 2 is 1.91 bits per heavy atom. The average molecular weight is 308 g/mol. The molecule has 0 unspecified atom stereocenters. The van der Waals surface area contributed by atoms with Gasteiger partial charge in [0.05, 0.1) is 18.0 Å². The zero-order chi connectivity index (χ0) is 16.4. The number of aromatic nitrogens is 2. The minimum Gasteiger partial charge on any atom is -0.504 e. The van der Waals surface area contributed by atoms with E-state index in [1.807, 2.05) is 12.1 Å². The Balaban J connectivity index is 2.08. The highest BCUT2D eigenvalue weighted by Gasteiger charge is 2.07. The number of aromatic hydroxyl groups is 1. The van der Waals surface area contributed by atoms with E-state index in [0.717, 1.165) is 0 Å². The summed E-state index contributed by atoms with van der Waals surface area (Å²) in [6, 6.07) is 12.4. The second-order valence-corrected chi connectivity index (χ2v) is 5.08. The first-order valence-electron chi connectivity index (χ1n) is 7.11. The predicted molar refractivity (Wildman–Crippen MR) is 90.6 cm³/mol. The zero-order valence-electron chi connectivity index (χ0n) is 12.9. The van der Waals surface area contributed by atoms with Gasteiger partial charge in [-0.25, -0.2) is 4.98 Å². The number of methoxy groups -OCH3 is 1. The van der Waals surface area contributed by atoms with Gasteiger partial charge in [-0.15, -0.1) is 0 Å². The fourth-order valence-electron chi connectivity index (χ4n) is 2.39. The van der Waals surface area contributed by atoms with E-state index in [2.05, 4.69) is 4.98 Å². The van der Waals surface area contributed by atoms with E-state index in [9.17, 15) is 9.90 Å². The average Bonchev–Trinajstić information content (AvgIpc) is 2.58. The molecule has 0 radical (unpaired) electrons. The van der Waals surface area contributed by atoms with Crippen LogP contribution in [0.3, 0.4) is 0 Å². The van der Waals surface area contributed by atoms with Crippen LogP contribution in [-0.2, 0) is 7.05 Å². The second kappa shape index (κ2) is 5.96. The van der Waals surface area contributed by atoms with Crippen molar-refractivity contribution in [2.24, 2.45) is 7.05 Å². The van der Waals surface area contributed by atoms with Crippen LogP contribution in [0.15, 0.2) is 47.3 Å². The van der Waals surface area contributed by atoms with E-state index in [0.29, 0.717) is 28.0 Å². The number of para-hydroxylation sites is 2. The number of nitrogens with zero attached hydrogens (tertiary/aromatic N) is 2. The molecule has 116 valence electrons. The lowest BCUT2D eigenvalue weighted by Crippen LogP contribution is -2.20. The van der Waals surface area contributed by atoms with Crippen molar-refractivity contribution in [3.8, 4) is 11.5 Å². The number of phenols is 1. The van der Waals surface area contributed by atoms with Gasteiger partial charge >= 0.3 is 0 Å². The third-order valence-electron chi connectivity index (χ3n) is 3.68. The highest BCUT2D eigenvalue weighted by atomic mass is 16.5. The summed E-state index contributed by atoms with van der Waals surface area (Å²) in [5, 5.41) is 10.7. The molecule has 0 spiro atoms. The fourth-order valence-corrected chi connectivity index (χ4v) is 2.39. The first kappa shape index (κ1) is 14.8. The molecule has 5 nitrogen and oxygen atoms in total. The van der Waals surface area contributed by atoms with Crippen molar-refractivity contribution in [1.29, 1.82) is 0 Å². The molecule has 1 N–H and O–H groups in total. The summed E-state index contributed by atoms with van der Waals surface area (Å²) in [7, 11) is 3.17. The lowest BCUT2D eigenvalue weighted by Gasteiger charge is -2.07. The van der Waals surface area contributed by atoms with Crippen LogP contribution < -0.4 is 10.3 Å². The summed E-state index contributed by atoms with van der Waals surface area (Å²) < 4.78 is 6.57. The molecule has 2 aromatic carbocycles. The molecule has 23 heavy (non-hydrogen) atoms. The summed E-state index contributed by atoms with van der Waals surface area (Å²) in [6.07, 6.45) is 3.40. The van der Waals surface area contributed by atoms with Crippen LogP contribution in [0, 0.1) is 0 Å². The van der Waals surface area contributed by atoms with Gasteiger partial charge in [0.1, 0.15) is 5.82 Å². The van der Waals surface area contributed by atoms with Gasteiger partial charge in [0.2, 0.25) is 0 Å². The summed E-state index contributed by atoms with van der Waals surface area (Å²) in [5.41, 5.74) is 1.13. The molecule has 1 heterocycles. The summed E-state index contributed by atoms with van der Waals surface area (Å²) >= 11 is 0. The van der Waals surface area contributed by atoms with Crippen molar-refractivity contribution in [2.45, 2.75) is 0 Å². The van der Waals surface area contributed by atoms with Crippen molar-refractivity contribution in [3.05, 3.63) is 64.2 Å². The first-order chi connectivity index (χ1) is 11.1. The van der Waals surface area contributed by atoms with Gasteiger partial charge in [-0.05, 0) is 30.4 Å². The number of fused-ring (bicyclic) bond motifs is 1. The number of hydrogen-bond donors (Lipinski definition) is 1. The molecule has 5 heteroatoms. The van der Waals surface area contributed by atoms with E-state index in [1.54, 1.807) is 49.5 Å². The van der Waals surface area contributed by atoms with Crippen LogP contribution in [0.25, 0.3) is 23.1 Å². The number of ether oxygens (including phenoxy) is 1. The Morgan fingerprint density at radius 3 is 2.70 bits per heavy atom. The van der Waals surface area contributed by atoms with Crippen LogP contribution in [0.4, 0.5) is 0 Å². The van der Waals surface area contributed by atoms with Crippen LogP contribution in [0.2, 0.25) is 0 Å². The van der Waals surface area contributed by atoms with Gasteiger partial charge in [-0.3, -0.25) is 9.36 Å². The molecule has 0 atom stereocenters. The van der Waals surface area contributed by atoms with Gasteiger partial charge in [0.15, 0.2) is 11.5 Å². The second-order valence-electron chi connectivity index (χ2n) is 5.08. The quantitative estimate of drug-likeness (QED) is 0.808. The Morgan fingerprint density at radius 1 is 1.13 bits per heavy atom. The molecule has 0 aliphatic rings. The molecule has 3 rings (SSSR count). The monoisotopic (exact) mass is 308 g/mol. The maximum Gasteiger partial charge on any atom is 0.261 e. The van der Waals surface area contributed by atoms with Gasteiger partial charge < -0.3 is 9.84 Å². The van der Waals surface area contributed by atoms with Crippen LogP contribution in [0.5, 0.6) is 11.5 Å². The molecule has 0 fully saturated rings. The molecule has 0 bridgehead atoms. The molecule has 0 saturated carbocycles. The SMILES string of the molecule is COc1cccc(C=Cc2nc3ccccc3c(=O)n2C)c1O. The summed E-state index contributed by atoms with van der Waals surface area (Å²) in [6.45, 7) is 0. The molecule has 1 aromatic heterocycles. The number of hydrogen-bond acceptors (Lipinski definition) is 4. The largest absolute Gasteiger partial charge is 0.504 e. The first-order valence-corrected chi connectivity index (χ1v) is 7.11. The van der Waals surface area contributed by atoms with Crippen molar-refractivity contribution < 1.29 is 9.84 Å². The molecule has 0 aliphatic carbocycles. The molecule has 0 saturated heterocycles. The minimum absolute atomic E-state index is 0.0528. The van der Waals surface area contributed by atoms with Crippen molar-refractivity contribution >= 4 is 23.1 Å². The standard InChI is InChI=1S/C18H16N2O3/c1-20-16(19-14-8-4-3-7-13(14)18(20)22)11-10-12-6-5-9-15(23-2)17(12)21/h3-11,21H,1-2H3. The van der Waals surface area contributed by atoms with E-state index in [-0.39, 0.29) is 11.3 Å². The van der Waals surface area contributed by atoms with Crippen LogP contribution in [0.1, 0.15) is 11.4 Å². The Hall–Kier alpha value is -3.08. The molecule has 3 aromatic rings. The van der Waals surface area contributed by atoms with E-state index < -0.39 is 0 Å². The maximum absolute atomic E-state index is 12.3. The normalized spacial score (nSPS) is 11.2. The topological polar surface area (TPSA) is 64.3 Å². The highest BCUT2D eigenvalue weighted by molar-refractivity contribution is 5.79. The fraction of sp³-hybridized carbons (Fsp3) is 0.111. The van der Waals surface area contributed by atoms with Crippen LogP contribution >= 0.6 is 0 Å². The van der Waals surface area contributed by atoms with Crippen molar-refractivity contribution in [2.75, 3.05) is 7.11 Å². The van der Waals surface area contributed by atoms with Crippen molar-refractivity contribution in [1.82, 2.24) is 9.55 Å². The van der Waals surface area contributed by atoms with Gasteiger partial charge in [-0.2, -0.15) is 0 Å². The molecular weight excluding hydrogens is 292 g/mol. The van der Waals surface area contributed by atoms with Gasteiger partial charge in [0, 0.05) is 12.6 Å². The summed E-state index contributed by atoms with van der Waals surface area (Å²) in [5.74, 6) is 0.959. The molecule has 0 aliphatic heterocycles. The van der Waals surface area contributed by atoms with E-state index in [4.69, 9.17) is 4.74 Å². The number of rotatable bonds is 3. The third kappa shape index (κ3) is 2.68. The maximum atomic E-state index is 12.3. The lowest BCUT2D eigenvalue weighted by molar-refractivity contribution is 0.373. The van der Waals surface area contributed by atoms with Gasteiger partial charge in [0.25, 0.3) is 5.56 Å². The predicted octanol–water partition coefficient (Wildman–Crippen LogP) is 2.82. The molecular formula is C18H16N2O3. The van der Waals surface area contributed by atoms with Crippen LogP contribution in [-0.4, -0.2) is 21.8 Å². The van der Waals surface area contributed by atoms with Gasteiger partial charge in [-0.1, -0.05) is 24.3 Å². The van der Waals surface area contributed by atoms with E-state index in [1.165, 1.54) is 11.7 Å². The highest BCUT2D eigenvalue weighted by Crippen LogP contribution is 2.30. The van der Waals surface area contributed by atoms with E-state index >= 15 is 0 Å². The zero-order valence-corrected chi connectivity index (χ0v) is 12.9. The minimum atomic E-state index is -0.106. The Labute approximate surface area is 133 Å².